The molecular formula is C64H82N2O8. The summed E-state index contributed by atoms with van der Waals surface area (Å²) in [6, 6.07) is 14.1. The number of anilines is 1. The molecule has 18 unspecified atom stereocenters. The predicted octanol–water partition coefficient (Wildman–Crippen LogP) is 11.1. The van der Waals surface area contributed by atoms with Crippen LogP contribution in [-0.2, 0) is 54.4 Å². The fraction of sp³-hybridized carbons (Fsp3) is 0.688. The van der Waals surface area contributed by atoms with E-state index in [1.54, 1.807) is 4.90 Å². The lowest BCUT2D eigenvalue weighted by Crippen LogP contribution is -2.76. The third-order valence-corrected chi connectivity index (χ3v) is 22.5. The Bertz CT molecular complexity index is 2750. The van der Waals surface area contributed by atoms with Crippen LogP contribution in [0.15, 0.2) is 36.4 Å². The maximum absolute atomic E-state index is 14.8. The summed E-state index contributed by atoms with van der Waals surface area (Å²) in [7, 11) is 0. The number of hydrogen-bond acceptors (Lipinski definition) is 8. The maximum Gasteiger partial charge on any atom is 0.237 e. The number of hydrogen-bond donors (Lipinski definition) is 0. The van der Waals surface area contributed by atoms with Crippen molar-refractivity contribution in [3.63, 3.8) is 0 Å². The molecule has 0 aromatic heterocycles. The Morgan fingerprint density at radius 1 is 0.473 bits per heavy atom. The van der Waals surface area contributed by atoms with Crippen molar-refractivity contribution in [3.8, 4) is 0 Å². The predicted molar refractivity (Wildman–Crippen MR) is 285 cm³/mol. The van der Waals surface area contributed by atoms with Crippen molar-refractivity contribution >= 4 is 40.1 Å². The number of benzene rings is 3. The van der Waals surface area contributed by atoms with Crippen LogP contribution in [-0.4, -0.2) is 82.9 Å². The lowest BCUT2D eigenvalue weighted by molar-refractivity contribution is -0.298. The molecule has 2 bridgehead atoms. The van der Waals surface area contributed by atoms with Gasteiger partial charge in [0.05, 0.1) is 78.2 Å². The van der Waals surface area contributed by atoms with Gasteiger partial charge in [-0.05, 0) is 190 Å². The average molecular weight is 1010 g/mol. The van der Waals surface area contributed by atoms with Crippen LogP contribution in [0.4, 0.5) is 5.69 Å². The number of ether oxygens (including phenoxy) is 4. The van der Waals surface area contributed by atoms with Crippen LogP contribution in [0.25, 0.3) is 10.8 Å². The third-order valence-electron chi connectivity index (χ3n) is 22.5. The number of amides is 4. The first-order chi connectivity index (χ1) is 34.9. The van der Waals surface area contributed by atoms with Gasteiger partial charge in [-0.15, -0.1) is 0 Å². The number of carbonyl (C=O) groups is 4. The van der Waals surface area contributed by atoms with Gasteiger partial charge in [0.2, 0.25) is 23.6 Å². The van der Waals surface area contributed by atoms with Crippen LogP contribution in [0.2, 0.25) is 0 Å². The van der Waals surface area contributed by atoms with Crippen molar-refractivity contribution in [3.05, 3.63) is 75.3 Å². The molecule has 3 aromatic carbocycles. The van der Waals surface area contributed by atoms with E-state index in [1.807, 2.05) is 20.8 Å². The largest absolute Gasteiger partial charge is 0.370 e. The molecule has 4 heterocycles. The van der Waals surface area contributed by atoms with Gasteiger partial charge in [-0.3, -0.25) is 24.1 Å². The lowest BCUT2D eigenvalue weighted by Gasteiger charge is -2.76. The zero-order chi connectivity index (χ0) is 52.4. The molecule has 10 nitrogen and oxygen atoms in total. The third kappa shape index (κ3) is 6.37. The summed E-state index contributed by atoms with van der Waals surface area (Å²) in [5.41, 5.74) is 8.39. The summed E-state index contributed by atoms with van der Waals surface area (Å²) in [5, 5.41) is 2.57. The highest BCUT2D eigenvalue weighted by Gasteiger charge is 2.75. The molecule has 9 fully saturated rings. The van der Waals surface area contributed by atoms with Crippen LogP contribution in [0.3, 0.4) is 0 Å². The molecule has 4 aliphatic heterocycles. The summed E-state index contributed by atoms with van der Waals surface area (Å²) in [4.78, 5) is 60.6. The smallest absolute Gasteiger partial charge is 0.237 e. The molecule has 7 aliphatic carbocycles. The van der Waals surface area contributed by atoms with Gasteiger partial charge in [-0.2, -0.15) is 0 Å². The second-order valence-corrected chi connectivity index (χ2v) is 28.2. The first-order valence-electron chi connectivity index (χ1n) is 28.9. The minimum Gasteiger partial charge on any atom is -0.370 e. The average Bonchev–Trinajstić information content (AvgIpc) is 3.83. The van der Waals surface area contributed by atoms with Gasteiger partial charge in [0.1, 0.15) is 0 Å². The van der Waals surface area contributed by atoms with Gasteiger partial charge in [-0.1, -0.05) is 84.9 Å². The molecular weight excluding hydrogens is 925 g/mol. The van der Waals surface area contributed by atoms with Crippen LogP contribution in [0.5, 0.6) is 0 Å². The Morgan fingerprint density at radius 3 is 1.08 bits per heavy atom. The van der Waals surface area contributed by atoms with Gasteiger partial charge >= 0.3 is 0 Å². The highest BCUT2D eigenvalue weighted by Crippen LogP contribution is 2.76. The molecule has 3 aromatic rings. The normalized spacial score (nSPS) is 41.1. The van der Waals surface area contributed by atoms with Crippen molar-refractivity contribution in [1.29, 1.82) is 0 Å². The summed E-state index contributed by atoms with van der Waals surface area (Å²) >= 11 is 0. The molecule has 0 radical (unpaired) electrons. The molecule has 10 heteroatoms. The van der Waals surface area contributed by atoms with E-state index in [4.69, 9.17) is 18.9 Å². The monoisotopic (exact) mass is 1010 g/mol. The minimum atomic E-state index is -0.574. The Morgan fingerprint density at radius 2 is 0.784 bits per heavy atom. The summed E-state index contributed by atoms with van der Waals surface area (Å²) in [6.45, 7) is 30.9. The summed E-state index contributed by atoms with van der Waals surface area (Å²) < 4.78 is 29.6. The Labute approximate surface area is 439 Å². The second-order valence-electron chi connectivity index (χ2n) is 28.2. The number of likely N-dealkylation sites (tertiary alicyclic amines) is 1. The first-order valence-corrected chi connectivity index (χ1v) is 28.9. The number of carbonyl (C=O) groups excluding carboxylic acids is 4. The molecule has 11 aliphatic rings. The van der Waals surface area contributed by atoms with Crippen molar-refractivity contribution < 1.29 is 38.1 Å². The van der Waals surface area contributed by atoms with E-state index in [2.05, 4.69) is 113 Å². The quantitative estimate of drug-likeness (QED) is 0.239. The number of nitrogens with zero attached hydrogens (tertiary/aromatic N) is 2. The SMILES string of the molecule is Cc1c(C)c(C(C)(C)C)c(C)c(C)c1N1C(=O)C2CC3OC4CC5C(CC4OC3CC2C1=O)C1(C(C)C)c2cc3ccccc3cc2C5(C(C)C)C2CC3OC4CC5C(=O)N(C(C)(C)C)C(=O)C5CC4OC3CC21. The van der Waals surface area contributed by atoms with E-state index < -0.39 is 17.4 Å². The van der Waals surface area contributed by atoms with E-state index in [0.29, 0.717) is 61.2 Å². The van der Waals surface area contributed by atoms with Crippen LogP contribution in [0.1, 0.15) is 160 Å². The molecule has 5 saturated carbocycles. The maximum atomic E-state index is 14.8. The van der Waals surface area contributed by atoms with Gasteiger partial charge in [0, 0.05) is 16.4 Å². The summed E-state index contributed by atoms with van der Waals surface area (Å²) in [5.74, 6) is -0.0139. The summed E-state index contributed by atoms with van der Waals surface area (Å²) in [6.07, 6.45) is 4.15. The first kappa shape index (κ1) is 49.6. The number of fused-ring (bicyclic) bond motifs is 7. The van der Waals surface area contributed by atoms with Gasteiger partial charge < -0.3 is 18.9 Å². The van der Waals surface area contributed by atoms with Crippen molar-refractivity contribution in [2.45, 2.75) is 219 Å². The fourth-order valence-electron chi connectivity index (χ4n) is 19.9. The molecule has 14 rings (SSSR count). The minimum absolute atomic E-state index is 0.0520. The van der Waals surface area contributed by atoms with Crippen molar-refractivity contribution in [2.24, 2.45) is 59.2 Å². The van der Waals surface area contributed by atoms with Crippen LogP contribution in [0, 0.1) is 86.9 Å². The molecule has 396 valence electrons. The number of imide groups is 2. The Kier molecular flexibility index (Phi) is 10.9. The standard InChI is InChI=1S/C64H82N2O8/c1-29(2)63-41-19-35-17-15-16-18-36(35)20-42(41)64(30(3)4,46-28-54-53(27-45(46)63)73-49-23-39-40(24-50(49)74-54)60(70)66(59(39)69)62(12,13)14)44-26-52-51(25-43(44)63)71-47-21-37-38(22-48(47)72-52)58(68)65(57(37)67)56-33(7)31(5)55(61(9,10)11)32(6)34(56)8/h15-20,29-30,37-40,43-54H,21-28H2,1-14H3. The lowest BCUT2D eigenvalue weighted by atomic mass is 9.29. The van der Waals surface area contributed by atoms with Gasteiger partial charge in [0.25, 0.3) is 0 Å². The molecule has 4 amide bonds. The van der Waals surface area contributed by atoms with E-state index >= 15 is 0 Å². The van der Waals surface area contributed by atoms with E-state index in [1.165, 1.54) is 32.4 Å². The van der Waals surface area contributed by atoms with Gasteiger partial charge in [0.15, 0.2) is 0 Å². The fourth-order valence-corrected chi connectivity index (χ4v) is 19.9. The zero-order valence-electron chi connectivity index (χ0n) is 46.7. The van der Waals surface area contributed by atoms with Crippen molar-refractivity contribution in [2.75, 3.05) is 4.90 Å². The highest BCUT2D eigenvalue weighted by atomic mass is 16.6. The molecule has 18 atom stereocenters. The van der Waals surface area contributed by atoms with E-state index in [0.717, 1.165) is 53.6 Å². The number of rotatable bonds is 3. The zero-order valence-corrected chi connectivity index (χ0v) is 46.7. The Hall–Kier alpha value is -3.96. The van der Waals surface area contributed by atoms with Gasteiger partial charge in [-0.25, -0.2) is 4.90 Å². The van der Waals surface area contributed by atoms with Crippen molar-refractivity contribution in [1.82, 2.24) is 4.90 Å². The molecule has 74 heavy (non-hydrogen) atoms. The topological polar surface area (TPSA) is 112 Å². The molecule has 0 N–H and O–H groups in total. The van der Waals surface area contributed by atoms with E-state index in [9.17, 15) is 19.2 Å². The second kappa shape index (κ2) is 16.3. The Balaban J connectivity index is 0.852. The van der Waals surface area contributed by atoms with E-state index in [-0.39, 0.29) is 101 Å². The van der Waals surface area contributed by atoms with Crippen LogP contribution >= 0.6 is 0 Å². The highest BCUT2D eigenvalue weighted by molar-refractivity contribution is 6.23. The van der Waals surface area contributed by atoms with Crippen LogP contribution < -0.4 is 4.90 Å². The molecule has 0 spiro atoms. The molecule has 4 saturated heterocycles.